The van der Waals surface area contributed by atoms with Gasteiger partial charge in [-0.3, -0.25) is 0 Å². The van der Waals surface area contributed by atoms with Crippen LogP contribution in [-0.4, -0.2) is 27.3 Å². The summed E-state index contributed by atoms with van der Waals surface area (Å²) in [5.41, 5.74) is 1.63. The van der Waals surface area contributed by atoms with Crippen molar-refractivity contribution in [1.82, 2.24) is 20.2 Å². The third kappa shape index (κ3) is 5.44. The van der Waals surface area contributed by atoms with E-state index in [4.69, 9.17) is 44.3 Å². The Labute approximate surface area is 183 Å². The number of anilines is 1. The largest absolute Gasteiger partial charge is 0.493 e. The first kappa shape index (κ1) is 21.5. The summed E-state index contributed by atoms with van der Waals surface area (Å²) in [4.78, 5) is 0. The first-order chi connectivity index (χ1) is 14.0. The molecule has 3 rings (SSSR count). The van der Waals surface area contributed by atoms with Gasteiger partial charge in [0.25, 0.3) is 0 Å². The molecule has 10 heteroatoms. The molecule has 0 saturated heterocycles. The van der Waals surface area contributed by atoms with Crippen LogP contribution in [0.15, 0.2) is 30.3 Å². The molecule has 0 bridgehead atoms. The Bertz CT molecular complexity index is 980. The van der Waals surface area contributed by atoms with Crippen LogP contribution in [0.3, 0.4) is 0 Å². The van der Waals surface area contributed by atoms with Crippen LogP contribution < -0.4 is 14.8 Å². The monoisotopic (exact) mass is 455 g/mol. The second kappa shape index (κ2) is 10.0. The van der Waals surface area contributed by atoms with E-state index in [9.17, 15) is 0 Å². The van der Waals surface area contributed by atoms with E-state index in [0.717, 1.165) is 24.1 Å². The molecule has 1 aromatic heterocycles. The van der Waals surface area contributed by atoms with Crippen LogP contribution in [0.4, 0.5) is 5.95 Å². The molecule has 0 aliphatic heterocycles. The van der Waals surface area contributed by atoms with Gasteiger partial charge < -0.3 is 14.8 Å². The molecule has 0 atom stereocenters. The maximum atomic E-state index is 6.46. The topological polar surface area (TPSA) is 74.1 Å². The maximum Gasteiger partial charge on any atom is 0.243 e. The van der Waals surface area contributed by atoms with Crippen LogP contribution in [0.25, 0.3) is 0 Å². The van der Waals surface area contributed by atoms with E-state index in [-0.39, 0.29) is 6.61 Å². The molecule has 0 spiro atoms. The van der Waals surface area contributed by atoms with Gasteiger partial charge in [0, 0.05) is 39.8 Å². The predicted octanol–water partition coefficient (Wildman–Crippen LogP) is 5.24. The molecule has 1 heterocycles. The molecular weight excluding hydrogens is 437 g/mol. The molecule has 0 radical (unpaired) electrons. The lowest BCUT2D eigenvalue weighted by Crippen LogP contribution is -2.09. The highest BCUT2D eigenvalue weighted by Gasteiger charge is 2.13. The Balaban J connectivity index is 1.72. The van der Waals surface area contributed by atoms with Gasteiger partial charge in [-0.05, 0) is 40.6 Å². The minimum atomic E-state index is 0.256. The van der Waals surface area contributed by atoms with E-state index in [1.54, 1.807) is 30.0 Å². The van der Waals surface area contributed by atoms with E-state index < -0.39 is 0 Å². The van der Waals surface area contributed by atoms with Crippen LogP contribution in [0.1, 0.15) is 24.5 Å². The molecule has 0 aliphatic rings. The Morgan fingerprint density at radius 1 is 1.03 bits per heavy atom. The zero-order valence-corrected chi connectivity index (χ0v) is 18.2. The number of rotatable bonds is 9. The third-order valence-corrected chi connectivity index (χ3v) is 5.07. The van der Waals surface area contributed by atoms with Gasteiger partial charge in [0.05, 0.1) is 7.11 Å². The smallest absolute Gasteiger partial charge is 0.243 e. The fourth-order valence-corrected chi connectivity index (χ4v) is 3.33. The molecule has 7 nitrogen and oxygen atoms in total. The number of nitrogens with zero attached hydrogens (tertiary/aromatic N) is 4. The summed E-state index contributed by atoms with van der Waals surface area (Å²) in [5, 5.41) is 16.5. The van der Waals surface area contributed by atoms with Crippen LogP contribution >= 0.6 is 34.8 Å². The lowest BCUT2D eigenvalue weighted by molar-refractivity contribution is 0.284. The zero-order valence-electron chi connectivity index (χ0n) is 16.0. The summed E-state index contributed by atoms with van der Waals surface area (Å²) in [6.07, 6.45) is 0.929. The first-order valence-corrected chi connectivity index (χ1v) is 10.1. The molecule has 154 valence electrons. The van der Waals surface area contributed by atoms with E-state index in [0.29, 0.717) is 39.1 Å². The van der Waals surface area contributed by atoms with Gasteiger partial charge in [-0.15, -0.1) is 0 Å². The highest BCUT2D eigenvalue weighted by atomic mass is 35.5. The number of benzene rings is 2. The van der Waals surface area contributed by atoms with Crippen molar-refractivity contribution in [3.05, 3.63) is 56.5 Å². The average Bonchev–Trinajstić information content (AvgIpc) is 3.14. The molecule has 0 fully saturated rings. The fraction of sp³-hybridized carbons (Fsp3) is 0.316. The number of methoxy groups -OCH3 is 1. The van der Waals surface area contributed by atoms with Gasteiger partial charge in [0.15, 0.2) is 11.5 Å². The van der Waals surface area contributed by atoms with Gasteiger partial charge in [0.2, 0.25) is 5.95 Å². The lowest BCUT2D eigenvalue weighted by Gasteiger charge is -2.15. The maximum absolute atomic E-state index is 6.46. The number of aryl methyl sites for hydroxylation is 1. The third-order valence-electron chi connectivity index (χ3n) is 4.14. The number of ether oxygens (including phenoxy) is 2. The van der Waals surface area contributed by atoms with Crippen molar-refractivity contribution < 1.29 is 9.47 Å². The summed E-state index contributed by atoms with van der Waals surface area (Å²) >= 11 is 18.6. The molecule has 0 amide bonds. The summed E-state index contributed by atoms with van der Waals surface area (Å²) in [6, 6.07) is 8.79. The molecule has 0 aliphatic carbocycles. The Kier molecular flexibility index (Phi) is 7.41. The highest BCUT2D eigenvalue weighted by Crippen LogP contribution is 2.34. The van der Waals surface area contributed by atoms with Crippen molar-refractivity contribution in [3.8, 4) is 11.5 Å². The minimum absolute atomic E-state index is 0.256. The van der Waals surface area contributed by atoms with Crippen molar-refractivity contribution in [3.63, 3.8) is 0 Å². The SMILES string of the molecule is CCCn1nnnc1NCc1cc(OC)c(OCc2ccc(Cl)cc2Cl)cc1Cl. The van der Waals surface area contributed by atoms with Crippen molar-refractivity contribution in [2.24, 2.45) is 0 Å². The van der Waals surface area contributed by atoms with Gasteiger partial charge in [-0.1, -0.05) is 52.9 Å². The van der Waals surface area contributed by atoms with Crippen LogP contribution in [0, 0.1) is 0 Å². The van der Waals surface area contributed by atoms with E-state index in [1.165, 1.54) is 0 Å². The average molecular weight is 457 g/mol. The quantitative estimate of drug-likeness (QED) is 0.474. The zero-order chi connectivity index (χ0) is 20.8. The number of nitrogens with one attached hydrogen (secondary N) is 1. The Morgan fingerprint density at radius 3 is 2.55 bits per heavy atom. The molecular formula is C19H20Cl3N5O2. The fourth-order valence-electron chi connectivity index (χ4n) is 2.65. The standard InChI is InChI=1S/C19H20Cl3N5O2/c1-3-6-27-19(24-25-26-27)23-10-13-7-17(28-2)18(9-16(13)22)29-11-12-4-5-14(20)8-15(12)21/h4-5,7-9H,3,6,10-11H2,1-2H3,(H,23,24,26). The van der Waals surface area contributed by atoms with Crippen molar-refractivity contribution >= 4 is 40.8 Å². The van der Waals surface area contributed by atoms with Crippen molar-refractivity contribution in [2.75, 3.05) is 12.4 Å². The number of hydrogen-bond donors (Lipinski definition) is 1. The molecule has 2 aromatic carbocycles. The van der Waals surface area contributed by atoms with E-state index in [2.05, 4.69) is 27.8 Å². The summed E-state index contributed by atoms with van der Waals surface area (Å²) in [7, 11) is 1.57. The summed E-state index contributed by atoms with van der Waals surface area (Å²) in [6.45, 7) is 3.48. The Morgan fingerprint density at radius 2 is 1.83 bits per heavy atom. The second-order valence-electron chi connectivity index (χ2n) is 6.20. The van der Waals surface area contributed by atoms with Crippen molar-refractivity contribution in [1.29, 1.82) is 0 Å². The summed E-state index contributed by atoms with van der Waals surface area (Å²) < 4.78 is 13.1. The van der Waals surface area contributed by atoms with Crippen LogP contribution in [-0.2, 0) is 19.7 Å². The molecule has 0 unspecified atom stereocenters. The van der Waals surface area contributed by atoms with Crippen molar-refractivity contribution in [2.45, 2.75) is 33.0 Å². The molecule has 0 saturated carbocycles. The predicted molar refractivity (Wildman–Crippen MR) is 114 cm³/mol. The van der Waals surface area contributed by atoms with E-state index in [1.807, 2.05) is 12.1 Å². The number of hydrogen-bond acceptors (Lipinski definition) is 6. The van der Waals surface area contributed by atoms with Crippen LogP contribution in [0.5, 0.6) is 11.5 Å². The molecule has 29 heavy (non-hydrogen) atoms. The lowest BCUT2D eigenvalue weighted by atomic mass is 10.2. The second-order valence-corrected chi connectivity index (χ2v) is 7.45. The Hall–Kier alpha value is -2.22. The molecule has 3 aromatic rings. The first-order valence-electron chi connectivity index (χ1n) is 8.95. The van der Waals surface area contributed by atoms with Gasteiger partial charge in [-0.25, -0.2) is 4.68 Å². The number of aromatic nitrogens is 4. The van der Waals surface area contributed by atoms with Gasteiger partial charge in [-0.2, -0.15) is 0 Å². The van der Waals surface area contributed by atoms with Crippen LogP contribution in [0.2, 0.25) is 15.1 Å². The number of halogens is 3. The number of tetrazole rings is 1. The van der Waals surface area contributed by atoms with Gasteiger partial charge in [0.1, 0.15) is 6.61 Å². The summed E-state index contributed by atoms with van der Waals surface area (Å²) in [5.74, 6) is 1.66. The molecule has 1 N–H and O–H groups in total. The minimum Gasteiger partial charge on any atom is -0.493 e. The normalized spacial score (nSPS) is 10.8. The van der Waals surface area contributed by atoms with Gasteiger partial charge >= 0.3 is 0 Å². The highest BCUT2D eigenvalue weighted by molar-refractivity contribution is 6.35. The van der Waals surface area contributed by atoms with E-state index >= 15 is 0 Å².